The normalized spacial score (nSPS) is 8.17. The van der Waals surface area contributed by atoms with Crippen LogP contribution in [0.25, 0.3) is 0 Å². The number of nitrogens with one attached hydrogen (secondary N) is 1. The molecular formula is C3H7NOS. The first-order valence-electron chi connectivity index (χ1n) is 1.53. The van der Waals surface area contributed by atoms with Gasteiger partial charge in [-0.05, 0) is 0 Å². The molecule has 0 amide bonds. The third-order valence-corrected chi connectivity index (χ3v) is 0.797. The molecule has 0 spiro atoms. The summed E-state index contributed by atoms with van der Waals surface area (Å²) in [5.74, 6) is 0.733. The van der Waals surface area contributed by atoms with E-state index < -0.39 is 0 Å². The van der Waals surface area contributed by atoms with Gasteiger partial charge in [0.15, 0.2) is 0 Å². The molecule has 0 saturated carbocycles. The van der Waals surface area contributed by atoms with E-state index in [-0.39, 0.29) is 0 Å². The molecular weight excluding hydrogens is 98.1 g/mol. The standard InChI is InChI=1S/C3H7NOS/c1-2-3-6-4-5/h2,4-5H,1,3H2. The van der Waals surface area contributed by atoms with Crippen LogP contribution in [0.2, 0.25) is 0 Å². The van der Waals surface area contributed by atoms with Crippen molar-refractivity contribution in [3.05, 3.63) is 12.7 Å². The molecule has 0 unspecified atom stereocenters. The fourth-order valence-electron chi connectivity index (χ4n) is 0.0962. The minimum absolute atomic E-state index is 0.733. The van der Waals surface area contributed by atoms with E-state index in [1.165, 1.54) is 11.9 Å². The van der Waals surface area contributed by atoms with Gasteiger partial charge < -0.3 is 5.21 Å². The SMILES string of the molecule is C=CCSNO. The van der Waals surface area contributed by atoms with E-state index in [0.29, 0.717) is 0 Å². The summed E-state index contributed by atoms with van der Waals surface area (Å²) in [5.41, 5.74) is 0. The lowest BCUT2D eigenvalue weighted by atomic mass is 10.8. The van der Waals surface area contributed by atoms with Crippen LogP contribution < -0.4 is 4.89 Å². The number of hydrogen-bond donors (Lipinski definition) is 2. The van der Waals surface area contributed by atoms with Crippen LogP contribution in [0.1, 0.15) is 0 Å². The molecule has 2 nitrogen and oxygen atoms in total. The first-order valence-corrected chi connectivity index (χ1v) is 2.52. The predicted octanol–water partition coefficient (Wildman–Crippen LogP) is 0.799. The van der Waals surface area contributed by atoms with Gasteiger partial charge in [-0.2, -0.15) is 0 Å². The minimum Gasteiger partial charge on any atom is -0.306 e. The Balaban J connectivity index is 2.49. The van der Waals surface area contributed by atoms with Crippen molar-refractivity contribution in [2.45, 2.75) is 0 Å². The van der Waals surface area contributed by atoms with Gasteiger partial charge in [0.25, 0.3) is 0 Å². The van der Waals surface area contributed by atoms with E-state index in [1.807, 2.05) is 4.89 Å². The van der Waals surface area contributed by atoms with Crippen LogP contribution in [-0.2, 0) is 0 Å². The molecule has 0 rings (SSSR count). The Kier molecular flexibility index (Phi) is 5.02. The summed E-state index contributed by atoms with van der Waals surface area (Å²) in [6.45, 7) is 3.43. The van der Waals surface area contributed by atoms with Crippen molar-refractivity contribution in [3.63, 3.8) is 0 Å². The van der Waals surface area contributed by atoms with Crippen molar-refractivity contribution >= 4 is 11.9 Å². The molecule has 0 fully saturated rings. The Morgan fingerprint density at radius 2 is 2.67 bits per heavy atom. The lowest BCUT2D eigenvalue weighted by Crippen LogP contribution is -1.91. The van der Waals surface area contributed by atoms with E-state index in [4.69, 9.17) is 5.21 Å². The summed E-state index contributed by atoms with van der Waals surface area (Å²) in [4.78, 5) is 1.91. The van der Waals surface area contributed by atoms with Gasteiger partial charge in [-0.15, -0.1) is 11.5 Å². The van der Waals surface area contributed by atoms with Crippen molar-refractivity contribution < 1.29 is 5.21 Å². The van der Waals surface area contributed by atoms with Crippen LogP contribution in [0, 0.1) is 0 Å². The maximum atomic E-state index is 7.86. The summed E-state index contributed by atoms with van der Waals surface area (Å²) >= 11 is 1.20. The third-order valence-electron chi connectivity index (χ3n) is 0.266. The summed E-state index contributed by atoms with van der Waals surface area (Å²) in [6, 6.07) is 0. The molecule has 3 heteroatoms. The number of rotatable bonds is 3. The van der Waals surface area contributed by atoms with Crippen LogP contribution >= 0.6 is 11.9 Å². The molecule has 0 heterocycles. The van der Waals surface area contributed by atoms with Crippen LogP contribution in [0.15, 0.2) is 12.7 Å². The van der Waals surface area contributed by atoms with Gasteiger partial charge in [0, 0.05) is 5.75 Å². The molecule has 0 aliphatic rings. The quantitative estimate of drug-likeness (QED) is 0.241. The third kappa shape index (κ3) is 4.01. The molecule has 6 heavy (non-hydrogen) atoms. The molecule has 0 aromatic carbocycles. The zero-order valence-electron chi connectivity index (χ0n) is 3.35. The van der Waals surface area contributed by atoms with Crippen LogP contribution in [0.3, 0.4) is 0 Å². The van der Waals surface area contributed by atoms with E-state index in [0.717, 1.165) is 5.75 Å². The number of hydrogen-bond acceptors (Lipinski definition) is 3. The molecule has 0 atom stereocenters. The second-order valence-electron chi connectivity index (χ2n) is 0.691. The van der Waals surface area contributed by atoms with Crippen molar-refractivity contribution in [2.75, 3.05) is 5.75 Å². The van der Waals surface area contributed by atoms with Gasteiger partial charge in [0.1, 0.15) is 0 Å². The highest BCUT2D eigenvalue weighted by molar-refractivity contribution is 7.97. The van der Waals surface area contributed by atoms with Gasteiger partial charge in [-0.25, -0.2) is 0 Å². The highest BCUT2D eigenvalue weighted by atomic mass is 32.2. The fraction of sp³-hybridized carbons (Fsp3) is 0.333. The molecule has 0 saturated heterocycles. The lowest BCUT2D eigenvalue weighted by Gasteiger charge is -1.84. The van der Waals surface area contributed by atoms with Crippen LogP contribution in [0.4, 0.5) is 0 Å². The van der Waals surface area contributed by atoms with Crippen molar-refractivity contribution in [1.29, 1.82) is 0 Å². The van der Waals surface area contributed by atoms with Crippen LogP contribution in [0.5, 0.6) is 0 Å². The molecule has 0 bridgehead atoms. The maximum Gasteiger partial charge on any atom is 0.0278 e. The first-order chi connectivity index (χ1) is 2.91. The average Bonchev–Trinajstić information content (AvgIpc) is 1.61. The van der Waals surface area contributed by atoms with Crippen molar-refractivity contribution in [3.8, 4) is 0 Å². The Bertz CT molecular complexity index is 39.8. The summed E-state index contributed by atoms with van der Waals surface area (Å²) in [7, 11) is 0. The van der Waals surface area contributed by atoms with Gasteiger partial charge >= 0.3 is 0 Å². The zero-order chi connectivity index (χ0) is 4.83. The molecule has 0 aliphatic heterocycles. The van der Waals surface area contributed by atoms with Gasteiger partial charge in [-0.1, -0.05) is 18.0 Å². The van der Waals surface area contributed by atoms with Crippen molar-refractivity contribution in [2.24, 2.45) is 0 Å². The summed E-state index contributed by atoms with van der Waals surface area (Å²) in [5, 5.41) is 7.86. The Morgan fingerprint density at radius 3 is 2.83 bits per heavy atom. The van der Waals surface area contributed by atoms with Gasteiger partial charge in [0.05, 0.1) is 0 Å². The molecule has 2 N–H and O–H groups in total. The van der Waals surface area contributed by atoms with Crippen molar-refractivity contribution in [1.82, 2.24) is 4.89 Å². The largest absolute Gasteiger partial charge is 0.306 e. The van der Waals surface area contributed by atoms with Gasteiger partial charge in [0.2, 0.25) is 0 Å². The van der Waals surface area contributed by atoms with E-state index in [9.17, 15) is 0 Å². The molecule has 0 radical (unpaired) electrons. The van der Waals surface area contributed by atoms with E-state index in [2.05, 4.69) is 6.58 Å². The van der Waals surface area contributed by atoms with Crippen LogP contribution in [-0.4, -0.2) is 11.0 Å². The second-order valence-corrected chi connectivity index (χ2v) is 1.50. The van der Waals surface area contributed by atoms with E-state index in [1.54, 1.807) is 6.08 Å². The smallest absolute Gasteiger partial charge is 0.0278 e. The first kappa shape index (κ1) is 6.01. The molecule has 0 aliphatic carbocycles. The monoisotopic (exact) mass is 105 g/mol. The Morgan fingerprint density at radius 1 is 2.00 bits per heavy atom. The topological polar surface area (TPSA) is 32.3 Å². The molecule has 0 aromatic rings. The maximum absolute atomic E-state index is 7.86. The Labute approximate surface area is 41.3 Å². The summed E-state index contributed by atoms with van der Waals surface area (Å²) in [6.07, 6.45) is 1.70. The van der Waals surface area contributed by atoms with Gasteiger partial charge in [-0.3, -0.25) is 0 Å². The summed E-state index contributed by atoms with van der Waals surface area (Å²) < 4.78 is 0. The minimum atomic E-state index is 0.733. The molecule has 36 valence electrons. The molecule has 0 aromatic heterocycles. The predicted molar refractivity (Wildman–Crippen MR) is 27.6 cm³/mol. The second kappa shape index (κ2) is 5.01. The zero-order valence-corrected chi connectivity index (χ0v) is 4.16. The highest BCUT2D eigenvalue weighted by Gasteiger charge is 1.70. The lowest BCUT2D eigenvalue weighted by molar-refractivity contribution is 0.259. The fourth-order valence-corrected chi connectivity index (χ4v) is 0.289. The van der Waals surface area contributed by atoms with E-state index >= 15 is 0 Å². The highest BCUT2D eigenvalue weighted by Crippen LogP contribution is 1.86. The average molecular weight is 105 g/mol. The Hall–Kier alpha value is 0.01000.